The Morgan fingerprint density at radius 3 is 2.82 bits per heavy atom. The van der Waals surface area contributed by atoms with Crippen LogP contribution in [0.4, 0.5) is 17.3 Å². The van der Waals surface area contributed by atoms with E-state index in [0.717, 1.165) is 19.3 Å². The first-order valence-corrected chi connectivity index (χ1v) is 8.95. The van der Waals surface area contributed by atoms with Crippen LogP contribution in [0.3, 0.4) is 0 Å². The quantitative estimate of drug-likeness (QED) is 0.599. The highest BCUT2D eigenvalue weighted by molar-refractivity contribution is 5.96. The summed E-state index contributed by atoms with van der Waals surface area (Å²) in [6, 6.07) is 0.291. The van der Waals surface area contributed by atoms with Crippen molar-refractivity contribution in [3.8, 4) is 0 Å². The van der Waals surface area contributed by atoms with Gasteiger partial charge in [0.1, 0.15) is 5.82 Å². The largest absolute Gasteiger partial charge is 0.364 e. The molecular formula is C18H24N8O2. The second kappa shape index (κ2) is 8.07. The van der Waals surface area contributed by atoms with Gasteiger partial charge in [-0.2, -0.15) is 5.10 Å². The number of carbonyl (C=O) groups is 2. The van der Waals surface area contributed by atoms with Gasteiger partial charge in [0.15, 0.2) is 11.5 Å². The minimum absolute atomic E-state index is 0.0588. The first-order chi connectivity index (χ1) is 13.4. The van der Waals surface area contributed by atoms with Gasteiger partial charge in [0.25, 0.3) is 5.91 Å². The van der Waals surface area contributed by atoms with E-state index < -0.39 is 5.91 Å². The highest BCUT2D eigenvalue weighted by Crippen LogP contribution is 2.28. The fourth-order valence-corrected chi connectivity index (χ4v) is 3.33. The van der Waals surface area contributed by atoms with Crippen LogP contribution in [0.25, 0.3) is 0 Å². The predicted molar refractivity (Wildman–Crippen MR) is 105 cm³/mol. The van der Waals surface area contributed by atoms with Crippen molar-refractivity contribution < 1.29 is 9.59 Å². The molecule has 148 valence electrons. The van der Waals surface area contributed by atoms with Crippen LogP contribution in [0.15, 0.2) is 31.2 Å². The molecule has 2 aromatic rings. The molecule has 2 aromatic heterocycles. The van der Waals surface area contributed by atoms with Crippen molar-refractivity contribution in [3.63, 3.8) is 0 Å². The van der Waals surface area contributed by atoms with Crippen molar-refractivity contribution in [2.45, 2.75) is 31.3 Å². The number of primary amides is 1. The number of amides is 2. The number of nitrogens with one attached hydrogen (secondary N) is 2. The molecule has 0 spiro atoms. The van der Waals surface area contributed by atoms with E-state index in [1.165, 1.54) is 12.3 Å². The van der Waals surface area contributed by atoms with Crippen LogP contribution < -0.4 is 21.3 Å². The molecule has 2 amide bonds. The number of nitrogens with zero attached hydrogens (tertiary/aromatic N) is 5. The number of carbonyl (C=O) groups excluding carboxylic acids is 2. The standard InChI is InChI=1S/C18H24N8O2/c1-4-15(27)22-11-5-6-13(7-11)26(3)14-9-20-16(17(19)28)18(24-14)23-12-8-21-25(2)10-12/h4,8-11,13H,1,5-7H2,2-3H3,(H2,19,28)(H,22,27)(H,23,24)/t11?,13-/m1/s1. The average molecular weight is 384 g/mol. The van der Waals surface area contributed by atoms with E-state index in [2.05, 4.69) is 32.3 Å². The highest BCUT2D eigenvalue weighted by Gasteiger charge is 2.29. The summed E-state index contributed by atoms with van der Waals surface area (Å²) in [5, 5.41) is 10.1. The molecule has 0 saturated heterocycles. The summed E-state index contributed by atoms with van der Waals surface area (Å²) in [6.45, 7) is 3.48. The molecule has 10 heteroatoms. The van der Waals surface area contributed by atoms with Gasteiger partial charge in [-0.3, -0.25) is 14.3 Å². The Kier molecular flexibility index (Phi) is 5.57. The lowest BCUT2D eigenvalue weighted by Crippen LogP contribution is -2.35. The third kappa shape index (κ3) is 4.27. The maximum Gasteiger partial charge on any atom is 0.271 e. The highest BCUT2D eigenvalue weighted by atomic mass is 16.2. The van der Waals surface area contributed by atoms with Crippen molar-refractivity contribution in [2.75, 3.05) is 17.3 Å². The fourth-order valence-electron chi connectivity index (χ4n) is 3.33. The lowest BCUT2D eigenvalue weighted by molar-refractivity contribution is -0.117. The van der Waals surface area contributed by atoms with Crippen LogP contribution >= 0.6 is 0 Å². The van der Waals surface area contributed by atoms with Gasteiger partial charge in [-0.15, -0.1) is 0 Å². The number of aromatic nitrogens is 4. The van der Waals surface area contributed by atoms with Gasteiger partial charge in [-0.1, -0.05) is 6.58 Å². The molecule has 3 rings (SSSR count). The van der Waals surface area contributed by atoms with Crippen LogP contribution in [-0.2, 0) is 11.8 Å². The Morgan fingerprint density at radius 2 is 2.18 bits per heavy atom. The third-order valence-electron chi connectivity index (χ3n) is 4.81. The molecule has 4 N–H and O–H groups in total. The smallest absolute Gasteiger partial charge is 0.271 e. The van der Waals surface area contributed by atoms with Crippen LogP contribution in [0.2, 0.25) is 0 Å². The number of anilines is 3. The Hall–Kier alpha value is -3.43. The lowest BCUT2D eigenvalue weighted by atomic mass is 10.2. The van der Waals surface area contributed by atoms with E-state index in [1.807, 2.05) is 11.9 Å². The number of nitrogens with two attached hydrogens (primary N) is 1. The van der Waals surface area contributed by atoms with E-state index in [9.17, 15) is 9.59 Å². The first kappa shape index (κ1) is 19.3. The molecule has 0 aromatic carbocycles. The van der Waals surface area contributed by atoms with Crippen molar-refractivity contribution in [2.24, 2.45) is 12.8 Å². The Morgan fingerprint density at radius 1 is 1.39 bits per heavy atom. The molecule has 1 aliphatic carbocycles. The molecule has 0 bridgehead atoms. The molecular weight excluding hydrogens is 360 g/mol. The summed E-state index contributed by atoms with van der Waals surface area (Å²) < 4.78 is 1.63. The Balaban J connectivity index is 1.78. The number of aryl methyl sites for hydroxylation is 1. The summed E-state index contributed by atoms with van der Waals surface area (Å²) in [7, 11) is 3.71. The molecule has 2 atom stereocenters. The van der Waals surface area contributed by atoms with Crippen molar-refractivity contribution in [1.82, 2.24) is 25.1 Å². The van der Waals surface area contributed by atoms with Gasteiger partial charge in [-0.05, 0) is 25.3 Å². The number of rotatable bonds is 7. The Labute approximate surface area is 162 Å². The number of hydrogen-bond acceptors (Lipinski definition) is 7. The van der Waals surface area contributed by atoms with Crippen molar-refractivity contribution in [1.29, 1.82) is 0 Å². The summed E-state index contributed by atoms with van der Waals surface area (Å²) in [4.78, 5) is 34.0. The monoisotopic (exact) mass is 384 g/mol. The van der Waals surface area contributed by atoms with Gasteiger partial charge in [0.05, 0.1) is 18.1 Å². The zero-order chi connectivity index (χ0) is 20.3. The van der Waals surface area contributed by atoms with Gasteiger partial charge >= 0.3 is 0 Å². The summed E-state index contributed by atoms with van der Waals surface area (Å²) in [5.74, 6) is 0.0551. The lowest BCUT2D eigenvalue weighted by Gasteiger charge is -2.26. The third-order valence-corrected chi connectivity index (χ3v) is 4.81. The molecule has 1 saturated carbocycles. The first-order valence-electron chi connectivity index (χ1n) is 8.95. The van der Waals surface area contributed by atoms with E-state index in [0.29, 0.717) is 11.5 Å². The molecule has 1 unspecified atom stereocenters. The summed E-state index contributed by atoms with van der Waals surface area (Å²) in [5.41, 5.74) is 6.17. The van der Waals surface area contributed by atoms with Gasteiger partial charge in [0, 0.05) is 32.4 Å². The number of hydrogen-bond donors (Lipinski definition) is 3. The van der Waals surface area contributed by atoms with Gasteiger partial charge in [0.2, 0.25) is 5.91 Å². The molecule has 10 nitrogen and oxygen atoms in total. The molecule has 28 heavy (non-hydrogen) atoms. The van der Waals surface area contributed by atoms with E-state index in [4.69, 9.17) is 5.73 Å². The summed E-state index contributed by atoms with van der Waals surface area (Å²) in [6.07, 6.45) is 8.76. The maximum atomic E-state index is 11.7. The minimum atomic E-state index is -0.666. The second-order valence-corrected chi connectivity index (χ2v) is 6.80. The zero-order valence-corrected chi connectivity index (χ0v) is 15.9. The Bertz CT molecular complexity index is 893. The fraction of sp³-hybridized carbons (Fsp3) is 0.389. The molecule has 1 aliphatic rings. The average Bonchev–Trinajstić information content (AvgIpc) is 3.29. The molecule has 1 fully saturated rings. The van der Waals surface area contributed by atoms with Crippen LogP contribution in [0.5, 0.6) is 0 Å². The van der Waals surface area contributed by atoms with Crippen molar-refractivity contribution >= 4 is 29.1 Å². The van der Waals surface area contributed by atoms with Crippen molar-refractivity contribution in [3.05, 3.63) is 36.9 Å². The zero-order valence-electron chi connectivity index (χ0n) is 15.9. The van der Waals surface area contributed by atoms with Crippen LogP contribution in [0.1, 0.15) is 29.8 Å². The predicted octanol–water partition coefficient (Wildman–Crippen LogP) is 0.712. The maximum absolute atomic E-state index is 11.7. The topological polar surface area (TPSA) is 131 Å². The molecule has 2 heterocycles. The van der Waals surface area contributed by atoms with Crippen LogP contribution in [-0.4, -0.2) is 50.7 Å². The second-order valence-electron chi connectivity index (χ2n) is 6.80. The van der Waals surface area contributed by atoms with E-state index in [1.54, 1.807) is 24.1 Å². The van der Waals surface area contributed by atoms with Gasteiger partial charge in [-0.25, -0.2) is 9.97 Å². The van der Waals surface area contributed by atoms with E-state index in [-0.39, 0.29) is 29.5 Å². The SMILES string of the molecule is C=CC(=O)NC1CC[C@@H](N(C)c2cnc(C(N)=O)c(Nc3cnn(C)c3)n2)C1. The van der Waals surface area contributed by atoms with Gasteiger partial charge < -0.3 is 21.3 Å². The molecule has 0 aliphatic heterocycles. The normalized spacial score (nSPS) is 18.5. The molecule has 0 radical (unpaired) electrons. The van der Waals surface area contributed by atoms with Crippen LogP contribution in [0, 0.1) is 0 Å². The van der Waals surface area contributed by atoms with E-state index >= 15 is 0 Å². The summed E-state index contributed by atoms with van der Waals surface area (Å²) >= 11 is 0. The minimum Gasteiger partial charge on any atom is -0.364 e.